The van der Waals surface area contributed by atoms with Gasteiger partial charge in [0.1, 0.15) is 11.9 Å². The average Bonchev–Trinajstić information content (AvgIpc) is 3.38. The fourth-order valence-corrected chi connectivity index (χ4v) is 4.92. The van der Waals surface area contributed by atoms with E-state index in [2.05, 4.69) is 4.98 Å². The van der Waals surface area contributed by atoms with Gasteiger partial charge >= 0.3 is 5.97 Å². The van der Waals surface area contributed by atoms with Crippen molar-refractivity contribution in [2.75, 3.05) is 6.61 Å². The van der Waals surface area contributed by atoms with E-state index in [1.807, 2.05) is 25.3 Å². The maximum atomic E-state index is 13.1. The molecule has 8 nitrogen and oxygen atoms in total. The molecule has 0 unspecified atom stereocenters. The van der Waals surface area contributed by atoms with Crippen LogP contribution in [0.1, 0.15) is 64.6 Å². The summed E-state index contributed by atoms with van der Waals surface area (Å²) in [5.41, 5.74) is 0.387. The molecule has 0 spiro atoms. The summed E-state index contributed by atoms with van der Waals surface area (Å²) >= 11 is 1.54. The quantitative estimate of drug-likeness (QED) is 0.475. The summed E-state index contributed by atoms with van der Waals surface area (Å²) in [7, 11) is 0. The summed E-state index contributed by atoms with van der Waals surface area (Å²) in [5.74, 6) is -1.69. The second-order valence-corrected chi connectivity index (χ2v) is 11.1. The van der Waals surface area contributed by atoms with Crippen LogP contribution in [0.5, 0.6) is 0 Å². The molecule has 2 N–H and O–H groups in total. The van der Waals surface area contributed by atoms with Gasteiger partial charge in [-0.15, -0.1) is 11.3 Å². The van der Waals surface area contributed by atoms with Gasteiger partial charge in [0, 0.05) is 24.3 Å². The number of nitrogens with zero attached hydrogens (tertiary/aromatic N) is 1. The molecule has 2 aliphatic heterocycles. The number of aromatic nitrogens is 1. The van der Waals surface area contributed by atoms with Crippen LogP contribution in [-0.4, -0.2) is 70.2 Å². The number of rotatable bonds is 2. The van der Waals surface area contributed by atoms with Crippen LogP contribution in [0.4, 0.5) is 0 Å². The van der Waals surface area contributed by atoms with E-state index in [0.29, 0.717) is 19.4 Å². The third-order valence-corrected chi connectivity index (χ3v) is 7.74. The van der Waals surface area contributed by atoms with Crippen LogP contribution < -0.4 is 0 Å². The van der Waals surface area contributed by atoms with Crippen LogP contribution >= 0.6 is 11.3 Å². The molecule has 0 aromatic carbocycles. The molecule has 3 heterocycles. The molecule has 0 bridgehead atoms. The van der Waals surface area contributed by atoms with Gasteiger partial charge in [0.25, 0.3) is 0 Å². The number of hydrogen-bond donors (Lipinski definition) is 2. The van der Waals surface area contributed by atoms with Crippen molar-refractivity contribution in [2.24, 2.45) is 11.3 Å². The monoisotopic (exact) mass is 495 g/mol. The van der Waals surface area contributed by atoms with Crippen LogP contribution in [0, 0.1) is 18.3 Å². The van der Waals surface area contributed by atoms with Crippen molar-refractivity contribution in [3.05, 3.63) is 21.7 Å². The van der Waals surface area contributed by atoms with Crippen molar-refractivity contribution in [1.82, 2.24) is 4.98 Å². The molecule has 0 amide bonds. The molecular weight excluding hydrogens is 458 g/mol. The Balaban J connectivity index is 1.81. The Bertz CT molecular complexity index is 911. The number of aryl methyl sites for hydroxylation is 1. The third-order valence-electron chi connectivity index (χ3n) is 6.95. The molecule has 0 saturated carbocycles. The van der Waals surface area contributed by atoms with E-state index >= 15 is 0 Å². The molecule has 190 valence electrons. The standard InChI is InChI=1S/C25H37NO7S/c1-13(9-17-12-34-16(4)26-17)19-10-20-18(32-20)7-8-31-15(3)23(29)14(2)24(30)25(5,6)21(27)11-22(28)33-19/h9,12,14-15,18-21,23,27,29H,7-8,10-11H2,1-6H3/b13-9+/t14-,15-,18-,19+,20+,21+,23+/m1/s1. The first-order chi connectivity index (χ1) is 15.9. The number of cyclic esters (lactones) is 1. The summed E-state index contributed by atoms with van der Waals surface area (Å²) in [6.07, 6.45) is -0.780. The fourth-order valence-electron chi connectivity index (χ4n) is 4.35. The molecule has 1 aromatic heterocycles. The number of aliphatic hydroxyl groups excluding tert-OH is 2. The lowest BCUT2D eigenvalue weighted by Crippen LogP contribution is -2.47. The van der Waals surface area contributed by atoms with Crippen molar-refractivity contribution in [2.45, 2.75) is 97.4 Å². The first-order valence-corrected chi connectivity index (χ1v) is 12.8. The Morgan fingerprint density at radius 1 is 1.24 bits per heavy atom. The number of carbonyl (C=O) groups excluding carboxylic acids is 2. The summed E-state index contributed by atoms with van der Waals surface area (Å²) in [5, 5.41) is 24.3. The van der Waals surface area contributed by atoms with E-state index < -0.39 is 41.7 Å². The number of esters is 1. The van der Waals surface area contributed by atoms with E-state index in [9.17, 15) is 19.8 Å². The molecule has 7 atom stereocenters. The highest BCUT2D eigenvalue weighted by Gasteiger charge is 2.44. The normalized spacial score (nSPS) is 36.0. The maximum absolute atomic E-state index is 13.1. The average molecular weight is 496 g/mol. The fraction of sp³-hybridized carbons (Fsp3) is 0.720. The number of epoxide rings is 1. The topological polar surface area (TPSA) is 118 Å². The van der Waals surface area contributed by atoms with Gasteiger partial charge in [-0.1, -0.05) is 20.8 Å². The number of thiazole rings is 1. The maximum Gasteiger partial charge on any atom is 0.309 e. The van der Waals surface area contributed by atoms with Gasteiger partial charge in [0.05, 0.1) is 53.1 Å². The zero-order chi connectivity index (χ0) is 25.2. The molecule has 1 aromatic rings. The second kappa shape index (κ2) is 11.0. The smallest absolute Gasteiger partial charge is 0.309 e. The number of aliphatic hydroxyl groups is 2. The summed E-state index contributed by atoms with van der Waals surface area (Å²) in [6, 6.07) is 0. The Morgan fingerprint density at radius 2 is 1.94 bits per heavy atom. The van der Waals surface area contributed by atoms with Crippen molar-refractivity contribution in [3.63, 3.8) is 0 Å². The minimum Gasteiger partial charge on any atom is -0.458 e. The van der Waals surface area contributed by atoms with Gasteiger partial charge in [0.2, 0.25) is 0 Å². The van der Waals surface area contributed by atoms with Gasteiger partial charge in [0.15, 0.2) is 0 Å². The largest absolute Gasteiger partial charge is 0.458 e. The summed E-state index contributed by atoms with van der Waals surface area (Å²) in [6.45, 7) is 10.7. The van der Waals surface area contributed by atoms with Gasteiger partial charge in [-0.3, -0.25) is 9.59 Å². The molecule has 9 heteroatoms. The second-order valence-electron chi connectivity index (χ2n) is 10.1. The van der Waals surface area contributed by atoms with Gasteiger partial charge < -0.3 is 24.4 Å². The highest BCUT2D eigenvalue weighted by atomic mass is 32.1. The zero-order valence-corrected chi connectivity index (χ0v) is 21.6. The van der Waals surface area contributed by atoms with Crippen LogP contribution in [0.25, 0.3) is 6.08 Å². The summed E-state index contributed by atoms with van der Waals surface area (Å²) < 4.78 is 17.4. The van der Waals surface area contributed by atoms with Crippen LogP contribution in [0.2, 0.25) is 0 Å². The SMILES string of the molecule is C/C(=C\c1csc(C)n1)[C@@H]1C[C@@H]2O[C@@H]2CCO[C@H](C)[C@@H](O)[C@@H](C)C(=O)C(C)(C)[C@@H](O)CC(=O)O1. The minimum absolute atomic E-state index is 0.0173. The molecule has 2 fully saturated rings. The lowest BCUT2D eigenvalue weighted by atomic mass is 9.74. The van der Waals surface area contributed by atoms with E-state index in [1.165, 1.54) is 0 Å². The summed E-state index contributed by atoms with van der Waals surface area (Å²) in [4.78, 5) is 30.4. The van der Waals surface area contributed by atoms with E-state index in [1.54, 1.807) is 39.0 Å². The van der Waals surface area contributed by atoms with Crippen molar-refractivity contribution >= 4 is 29.2 Å². The number of fused-ring (bicyclic) bond motifs is 1. The minimum atomic E-state index is -1.26. The van der Waals surface area contributed by atoms with Crippen molar-refractivity contribution < 1.29 is 34.0 Å². The van der Waals surface area contributed by atoms with E-state index in [-0.39, 0.29) is 24.4 Å². The van der Waals surface area contributed by atoms with E-state index in [4.69, 9.17) is 14.2 Å². The number of Topliss-reactive ketones (excluding diaryl/α,β-unsaturated/α-hetero) is 1. The third kappa shape index (κ3) is 6.51. The van der Waals surface area contributed by atoms with E-state index in [0.717, 1.165) is 16.3 Å². The molecule has 34 heavy (non-hydrogen) atoms. The lowest BCUT2D eigenvalue weighted by Gasteiger charge is -2.34. The van der Waals surface area contributed by atoms with Gasteiger partial charge in [-0.25, -0.2) is 4.98 Å². The van der Waals surface area contributed by atoms with Crippen LogP contribution in [0.3, 0.4) is 0 Å². The van der Waals surface area contributed by atoms with Crippen molar-refractivity contribution in [1.29, 1.82) is 0 Å². The molecular formula is C25H37NO7S. The predicted molar refractivity (Wildman–Crippen MR) is 128 cm³/mol. The molecule has 0 radical (unpaired) electrons. The highest BCUT2D eigenvalue weighted by molar-refractivity contribution is 7.09. The predicted octanol–water partition coefficient (Wildman–Crippen LogP) is 3.08. The first-order valence-electron chi connectivity index (χ1n) is 11.9. The lowest BCUT2D eigenvalue weighted by molar-refractivity contribution is -0.155. The molecule has 2 aliphatic rings. The number of ether oxygens (including phenoxy) is 3. The number of ketones is 1. The Kier molecular flexibility index (Phi) is 8.68. The van der Waals surface area contributed by atoms with Crippen LogP contribution in [0.15, 0.2) is 11.0 Å². The Labute approximate surface area is 205 Å². The molecule has 3 rings (SSSR count). The molecule has 0 aliphatic carbocycles. The van der Waals surface area contributed by atoms with Crippen molar-refractivity contribution in [3.8, 4) is 0 Å². The van der Waals surface area contributed by atoms with Gasteiger partial charge in [-0.05, 0) is 38.8 Å². The Hall–Kier alpha value is -1.65. The highest BCUT2D eigenvalue weighted by Crippen LogP contribution is 2.34. The Morgan fingerprint density at radius 3 is 2.59 bits per heavy atom. The number of carbonyl (C=O) groups is 2. The molecule has 2 saturated heterocycles. The van der Waals surface area contributed by atoms with Crippen LogP contribution in [-0.2, 0) is 23.8 Å². The number of hydrogen-bond acceptors (Lipinski definition) is 9. The first kappa shape index (κ1) is 26.9. The zero-order valence-electron chi connectivity index (χ0n) is 20.8. The van der Waals surface area contributed by atoms with Gasteiger partial charge in [-0.2, -0.15) is 0 Å².